The first-order valence-electron chi connectivity index (χ1n) is 8.18. The average molecular weight is 330 g/mol. The molecule has 1 fully saturated rings. The van der Waals surface area contributed by atoms with Crippen LogP contribution >= 0.6 is 0 Å². The normalized spacial score (nSPS) is 17.6. The van der Waals surface area contributed by atoms with E-state index in [9.17, 15) is 9.59 Å². The van der Waals surface area contributed by atoms with Crippen LogP contribution in [-0.2, 0) is 17.9 Å². The van der Waals surface area contributed by atoms with Crippen LogP contribution in [0.1, 0.15) is 36.0 Å². The van der Waals surface area contributed by atoms with Crippen LogP contribution in [0.15, 0.2) is 23.1 Å². The van der Waals surface area contributed by atoms with Crippen LogP contribution < -0.4 is 16.2 Å². The smallest absolute Gasteiger partial charge is 0.251 e. The highest BCUT2D eigenvalue weighted by Crippen LogP contribution is 2.21. The summed E-state index contributed by atoms with van der Waals surface area (Å²) in [4.78, 5) is 30.2. The van der Waals surface area contributed by atoms with E-state index in [2.05, 4.69) is 25.7 Å². The predicted octanol–water partition coefficient (Wildman–Crippen LogP) is 0.0582. The zero-order chi connectivity index (χ0) is 16.9. The van der Waals surface area contributed by atoms with E-state index in [1.807, 2.05) is 12.3 Å². The number of amides is 1. The quantitative estimate of drug-likeness (QED) is 0.719. The van der Waals surface area contributed by atoms with E-state index in [0.29, 0.717) is 17.4 Å². The summed E-state index contributed by atoms with van der Waals surface area (Å²) in [5.41, 5.74) is 1.35. The van der Waals surface area contributed by atoms with Gasteiger partial charge in [-0.05, 0) is 32.4 Å². The van der Waals surface area contributed by atoms with Gasteiger partial charge >= 0.3 is 0 Å². The SMILES string of the molecule is Cc1nc(CNC(=O)Cn2ccc([C@@H]3CCCNC3)n2)cc(=O)[nH]1. The number of carbonyl (C=O) groups is 1. The summed E-state index contributed by atoms with van der Waals surface area (Å²) in [5.74, 6) is 0.794. The Morgan fingerprint density at radius 1 is 1.50 bits per heavy atom. The molecule has 8 nitrogen and oxygen atoms in total. The molecular weight excluding hydrogens is 308 g/mol. The molecule has 1 saturated heterocycles. The summed E-state index contributed by atoms with van der Waals surface area (Å²) in [6, 6.07) is 3.36. The maximum Gasteiger partial charge on any atom is 0.251 e. The van der Waals surface area contributed by atoms with Gasteiger partial charge in [0.15, 0.2) is 0 Å². The van der Waals surface area contributed by atoms with Crippen molar-refractivity contribution in [3.63, 3.8) is 0 Å². The van der Waals surface area contributed by atoms with Gasteiger partial charge in [0, 0.05) is 24.7 Å². The number of hydrogen-bond donors (Lipinski definition) is 3. The van der Waals surface area contributed by atoms with Crippen LogP contribution in [0.2, 0.25) is 0 Å². The van der Waals surface area contributed by atoms with Crippen LogP contribution in [0.5, 0.6) is 0 Å². The van der Waals surface area contributed by atoms with Crippen LogP contribution in [0.25, 0.3) is 0 Å². The number of aryl methyl sites for hydroxylation is 1. The maximum absolute atomic E-state index is 12.0. The van der Waals surface area contributed by atoms with Crippen LogP contribution in [0.4, 0.5) is 0 Å². The Balaban J connectivity index is 1.53. The standard InChI is InChI=1S/C16H22N6O2/c1-11-19-13(7-15(23)20-11)9-18-16(24)10-22-6-4-14(21-22)12-3-2-5-17-8-12/h4,6-7,12,17H,2-3,5,8-10H2,1H3,(H,18,24)(H,19,20,23)/t12-/m1/s1. The van der Waals surface area contributed by atoms with Gasteiger partial charge in [-0.15, -0.1) is 0 Å². The second kappa shape index (κ2) is 7.39. The lowest BCUT2D eigenvalue weighted by Crippen LogP contribution is -2.29. The van der Waals surface area contributed by atoms with E-state index < -0.39 is 0 Å². The molecule has 128 valence electrons. The van der Waals surface area contributed by atoms with Crippen molar-refractivity contribution >= 4 is 5.91 Å². The first kappa shape index (κ1) is 16.4. The number of piperidine rings is 1. The molecule has 8 heteroatoms. The molecule has 0 spiro atoms. The molecule has 1 aliphatic heterocycles. The Morgan fingerprint density at radius 2 is 2.38 bits per heavy atom. The Hall–Kier alpha value is -2.48. The van der Waals surface area contributed by atoms with E-state index >= 15 is 0 Å². The molecule has 2 aromatic rings. The molecule has 0 aromatic carbocycles. The summed E-state index contributed by atoms with van der Waals surface area (Å²) >= 11 is 0. The highest BCUT2D eigenvalue weighted by Gasteiger charge is 2.17. The van der Waals surface area contributed by atoms with Crippen molar-refractivity contribution in [3.05, 3.63) is 45.9 Å². The number of nitrogens with one attached hydrogen (secondary N) is 3. The predicted molar refractivity (Wildman–Crippen MR) is 88.5 cm³/mol. The van der Waals surface area contributed by atoms with Gasteiger partial charge in [-0.1, -0.05) is 0 Å². The fourth-order valence-corrected chi connectivity index (χ4v) is 2.91. The van der Waals surface area contributed by atoms with Gasteiger partial charge < -0.3 is 15.6 Å². The number of hydrogen-bond acceptors (Lipinski definition) is 5. The molecule has 0 unspecified atom stereocenters. The van der Waals surface area contributed by atoms with Crippen LogP contribution in [-0.4, -0.2) is 38.7 Å². The zero-order valence-electron chi connectivity index (χ0n) is 13.7. The molecule has 0 radical (unpaired) electrons. The molecule has 3 N–H and O–H groups in total. The van der Waals surface area contributed by atoms with Crippen molar-refractivity contribution in [1.29, 1.82) is 0 Å². The average Bonchev–Trinajstić information content (AvgIpc) is 3.01. The second-order valence-corrected chi connectivity index (χ2v) is 6.08. The first-order chi connectivity index (χ1) is 11.6. The summed E-state index contributed by atoms with van der Waals surface area (Å²) < 4.78 is 1.65. The fourth-order valence-electron chi connectivity index (χ4n) is 2.91. The molecule has 3 heterocycles. The minimum absolute atomic E-state index is 0.155. The summed E-state index contributed by atoms with van der Waals surface area (Å²) in [6.45, 7) is 4.09. The van der Waals surface area contributed by atoms with E-state index in [1.54, 1.807) is 11.6 Å². The van der Waals surface area contributed by atoms with Crippen molar-refractivity contribution in [1.82, 2.24) is 30.4 Å². The molecule has 1 amide bonds. The second-order valence-electron chi connectivity index (χ2n) is 6.08. The topological polar surface area (TPSA) is 105 Å². The molecule has 2 aromatic heterocycles. The van der Waals surface area contributed by atoms with Gasteiger partial charge in [-0.2, -0.15) is 5.10 Å². The van der Waals surface area contributed by atoms with Gasteiger partial charge in [-0.25, -0.2) is 4.98 Å². The van der Waals surface area contributed by atoms with Gasteiger partial charge in [0.2, 0.25) is 5.91 Å². The van der Waals surface area contributed by atoms with Gasteiger partial charge in [0.05, 0.1) is 17.9 Å². The van der Waals surface area contributed by atoms with E-state index in [4.69, 9.17) is 0 Å². The summed E-state index contributed by atoms with van der Waals surface area (Å²) in [6.07, 6.45) is 4.11. The number of carbonyl (C=O) groups excluding carboxylic acids is 1. The monoisotopic (exact) mass is 330 g/mol. The van der Waals surface area contributed by atoms with Crippen molar-refractivity contribution in [2.24, 2.45) is 0 Å². The Morgan fingerprint density at radius 3 is 3.12 bits per heavy atom. The minimum Gasteiger partial charge on any atom is -0.349 e. The van der Waals surface area contributed by atoms with Crippen molar-refractivity contribution in [2.75, 3.05) is 13.1 Å². The van der Waals surface area contributed by atoms with E-state index in [1.165, 1.54) is 6.07 Å². The minimum atomic E-state index is -0.218. The Kier molecular flexibility index (Phi) is 5.05. The molecular formula is C16H22N6O2. The van der Waals surface area contributed by atoms with Gasteiger partial charge in [0.1, 0.15) is 12.4 Å². The molecule has 0 aliphatic carbocycles. The highest BCUT2D eigenvalue weighted by molar-refractivity contribution is 5.75. The van der Waals surface area contributed by atoms with Crippen LogP contribution in [0.3, 0.4) is 0 Å². The molecule has 1 atom stereocenters. The van der Waals surface area contributed by atoms with Gasteiger partial charge in [0.25, 0.3) is 5.56 Å². The molecule has 0 saturated carbocycles. The molecule has 3 rings (SSSR count). The molecule has 0 bridgehead atoms. The third kappa shape index (κ3) is 4.29. The molecule has 24 heavy (non-hydrogen) atoms. The van der Waals surface area contributed by atoms with Crippen molar-refractivity contribution in [2.45, 2.75) is 38.8 Å². The van der Waals surface area contributed by atoms with E-state index in [-0.39, 0.29) is 24.6 Å². The van der Waals surface area contributed by atoms with Crippen LogP contribution in [0, 0.1) is 6.92 Å². The number of nitrogens with zero attached hydrogens (tertiary/aromatic N) is 3. The Labute approximate surface area is 139 Å². The number of aromatic nitrogens is 4. The first-order valence-corrected chi connectivity index (χ1v) is 8.18. The molecule has 1 aliphatic rings. The summed E-state index contributed by atoms with van der Waals surface area (Å²) in [7, 11) is 0. The fraction of sp³-hybridized carbons (Fsp3) is 0.500. The Bertz CT molecular complexity index is 760. The number of aromatic amines is 1. The highest BCUT2D eigenvalue weighted by atomic mass is 16.2. The van der Waals surface area contributed by atoms with Gasteiger partial charge in [-0.3, -0.25) is 14.3 Å². The van der Waals surface area contributed by atoms with Crippen molar-refractivity contribution < 1.29 is 4.79 Å². The lowest BCUT2D eigenvalue weighted by atomic mass is 9.97. The number of H-pyrrole nitrogens is 1. The third-order valence-corrected chi connectivity index (χ3v) is 4.06. The zero-order valence-corrected chi connectivity index (χ0v) is 13.7. The van der Waals surface area contributed by atoms with Crippen molar-refractivity contribution in [3.8, 4) is 0 Å². The lowest BCUT2D eigenvalue weighted by molar-refractivity contribution is -0.122. The summed E-state index contributed by atoms with van der Waals surface area (Å²) in [5, 5.41) is 10.6. The van der Waals surface area contributed by atoms with E-state index in [0.717, 1.165) is 31.6 Å². The lowest BCUT2D eigenvalue weighted by Gasteiger charge is -2.20. The largest absolute Gasteiger partial charge is 0.349 e. The third-order valence-electron chi connectivity index (χ3n) is 4.06. The number of rotatable bonds is 5. The maximum atomic E-state index is 12.0.